The maximum absolute atomic E-state index is 13.0. The number of aromatic nitrogens is 1. The lowest BCUT2D eigenvalue weighted by molar-refractivity contribution is 0.717. The van der Waals surface area contributed by atoms with Crippen molar-refractivity contribution in [3.05, 3.63) is 94.0 Å². The third-order valence-corrected chi connectivity index (χ3v) is 5.94. The molecule has 2 N–H and O–H groups in total. The lowest BCUT2D eigenvalue weighted by atomic mass is 9.99. The molecule has 0 fully saturated rings. The molecule has 2 heterocycles. The molecule has 0 saturated heterocycles. The standard InChI is InChI=1S/C27H25N3O/c1-18-13-23-8-7-21(16-25(23)29-26(28)14-18)20-9-10-24-22(15-20)11-12-30(27(24)31)17-19-5-3-2-4-6-19/h2-3,5,7-13,15-16H,4,6,14,17H2,1H3,(H2,28,29). The number of amidine groups is 1. The molecular weight excluding hydrogens is 382 g/mol. The zero-order chi connectivity index (χ0) is 21.4. The summed E-state index contributed by atoms with van der Waals surface area (Å²) in [7, 11) is 0. The van der Waals surface area contributed by atoms with Crippen molar-refractivity contribution in [2.45, 2.75) is 32.7 Å². The van der Waals surface area contributed by atoms with E-state index in [2.05, 4.69) is 60.5 Å². The summed E-state index contributed by atoms with van der Waals surface area (Å²) < 4.78 is 1.81. The molecule has 154 valence electrons. The first kappa shape index (κ1) is 19.3. The summed E-state index contributed by atoms with van der Waals surface area (Å²) in [6.07, 6.45) is 13.2. The largest absolute Gasteiger partial charge is 0.387 e. The molecule has 2 aromatic carbocycles. The van der Waals surface area contributed by atoms with Crippen LogP contribution in [0.5, 0.6) is 0 Å². The van der Waals surface area contributed by atoms with Gasteiger partial charge >= 0.3 is 0 Å². The van der Waals surface area contributed by atoms with Crippen LogP contribution in [0.2, 0.25) is 0 Å². The number of hydrogen-bond donors (Lipinski definition) is 1. The summed E-state index contributed by atoms with van der Waals surface area (Å²) in [5.74, 6) is 0.632. The maximum Gasteiger partial charge on any atom is 0.258 e. The van der Waals surface area contributed by atoms with Crippen molar-refractivity contribution in [2.24, 2.45) is 10.7 Å². The van der Waals surface area contributed by atoms with Gasteiger partial charge in [-0.05, 0) is 60.5 Å². The van der Waals surface area contributed by atoms with Crippen LogP contribution in [0.1, 0.15) is 31.7 Å². The third-order valence-electron chi connectivity index (χ3n) is 5.94. The van der Waals surface area contributed by atoms with Gasteiger partial charge in [0.05, 0.1) is 5.69 Å². The molecule has 5 rings (SSSR count). The second-order valence-electron chi connectivity index (χ2n) is 8.39. The Hall–Kier alpha value is -3.66. The SMILES string of the molecule is CC1=Cc2ccc(-c3ccc4c(=O)n(CC5=CC=CCC5)ccc4c3)cc2N=C(N)C1. The van der Waals surface area contributed by atoms with E-state index in [1.165, 1.54) is 11.1 Å². The van der Waals surface area contributed by atoms with Crippen LogP contribution >= 0.6 is 0 Å². The molecule has 0 bridgehead atoms. The van der Waals surface area contributed by atoms with Crippen LogP contribution in [0.3, 0.4) is 0 Å². The van der Waals surface area contributed by atoms with E-state index < -0.39 is 0 Å². The van der Waals surface area contributed by atoms with E-state index in [1.54, 1.807) is 0 Å². The summed E-state index contributed by atoms with van der Waals surface area (Å²) in [6.45, 7) is 2.72. The predicted molar refractivity (Wildman–Crippen MR) is 130 cm³/mol. The van der Waals surface area contributed by atoms with Crippen LogP contribution in [0.4, 0.5) is 5.69 Å². The lowest BCUT2D eigenvalue weighted by Gasteiger charge is -2.12. The summed E-state index contributed by atoms with van der Waals surface area (Å²) in [5, 5.41) is 1.69. The minimum Gasteiger partial charge on any atom is -0.387 e. The Bertz CT molecular complexity index is 1370. The minimum atomic E-state index is 0.0550. The number of allylic oxidation sites excluding steroid dienone is 4. The van der Waals surface area contributed by atoms with Gasteiger partial charge in [-0.3, -0.25) is 4.79 Å². The van der Waals surface area contributed by atoms with E-state index in [0.717, 1.165) is 46.0 Å². The predicted octanol–water partition coefficient (Wildman–Crippen LogP) is 5.74. The average Bonchev–Trinajstić information content (AvgIpc) is 2.91. The molecule has 0 saturated carbocycles. The van der Waals surface area contributed by atoms with Gasteiger partial charge in [-0.15, -0.1) is 0 Å². The second-order valence-corrected chi connectivity index (χ2v) is 8.39. The summed E-state index contributed by atoms with van der Waals surface area (Å²) in [6, 6.07) is 14.3. The van der Waals surface area contributed by atoms with Gasteiger partial charge in [0.1, 0.15) is 5.84 Å². The average molecular weight is 408 g/mol. The van der Waals surface area contributed by atoms with Gasteiger partial charge in [0.25, 0.3) is 5.56 Å². The summed E-state index contributed by atoms with van der Waals surface area (Å²) in [5.41, 5.74) is 12.7. The van der Waals surface area contributed by atoms with Gasteiger partial charge in [0, 0.05) is 30.1 Å². The van der Waals surface area contributed by atoms with E-state index in [0.29, 0.717) is 18.8 Å². The Balaban J connectivity index is 1.52. The van der Waals surface area contributed by atoms with Crippen LogP contribution in [0.15, 0.2) is 87.8 Å². The van der Waals surface area contributed by atoms with Crippen molar-refractivity contribution in [1.29, 1.82) is 0 Å². The Morgan fingerprint density at radius 2 is 1.94 bits per heavy atom. The fraction of sp³-hybridized carbons (Fsp3) is 0.185. The molecule has 1 aliphatic heterocycles. The van der Waals surface area contributed by atoms with Crippen molar-refractivity contribution in [3.63, 3.8) is 0 Å². The van der Waals surface area contributed by atoms with Gasteiger partial charge in [-0.1, -0.05) is 53.6 Å². The van der Waals surface area contributed by atoms with Crippen LogP contribution in [-0.2, 0) is 6.54 Å². The molecule has 0 radical (unpaired) electrons. The molecule has 0 unspecified atom stereocenters. The molecule has 2 aliphatic rings. The van der Waals surface area contributed by atoms with Crippen LogP contribution in [-0.4, -0.2) is 10.4 Å². The number of hydrogen-bond acceptors (Lipinski definition) is 3. The first-order valence-corrected chi connectivity index (χ1v) is 10.7. The normalized spacial score (nSPS) is 15.7. The highest BCUT2D eigenvalue weighted by Crippen LogP contribution is 2.32. The number of rotatable bonds is 3. The minimum absolute atomic E-state index is 0.0550. The van der Waals surface area contributed by atoms with E-state index >= 15 is 0 Å². The molecular formula is C27H25N3O. The molecule has 1 aromatic heterocycles. The Labute approximate surface area is 181 Å². The number of nitrogens with two attached hydrogens (primary N) is 1. The van der Waals surface area contributed by atoms with Crippen LogP contribution in [0, 0.1) is 0 Å². The first-order valence-electron chi connectivity index (χ1n) is 10.7. The fourth-order valence-corrected chi connectivity index (χ4v) is 4.33. The van der Waals surface area contributed by atoms with E-state index in [9.17, 15) is 4.79 Å². The number of fused-ring (bicyclic) bond motifs is 2. The smallest absolute Gasteiger partial charge is 0.258 e. The second kappa shape index (κ2) is 7.88. The number of benzene rings is 2. The van der Waals surface area contributed by atoms with E-state index in [-0.39, 0.29) is 5.56 Å². The van der Waals surface area contributed by atoms with E-state index in [1.807, 2.05) is 29.0 Å². The van der Waals surface area contributed by atoms with Crippen molar-refractivity contribution in [2.75, 3.05) is 0 Å². The zero-order valence-corrected chi connectivity index (χ0v) is 17.6. The van der Waals surface area contributed by atoms with Gasteiger partial charge in [0.15, 0.2) is 0 Å². The van der Waals surface area contributed by atoms with Crippen molar-refractivity contribution in [1.82, 2.24) is 4.57 Å². The molecule has 0 amide bonds. The quantitative estimate of drug-likeness (QED) is 0.602. The van der Waals surface area contributed by atoms with Gasteiger partial charge in [-0.25, -0.2) is 4.99 Å². The summed E-state index contributed by atoms with van der Waals surface area (Å²) >= 11 is 0. The molecule has 0 atom stereocenters. The first-order chi connectivity index (χ1) is 15.1. The third kappa shape index (κ3) is 3.89. The molecule has 0 spiro atoms. The maximum atomic E-state index is 13.0. The highest BCUT2D eigenvalue weighted by Gasteiger charge is 2.11. The molecule has 1 aliphatic carbocycles. The monoisotopic (exact) mass is 407 g/mol. The fourth-order valence-electron chi connectivity index (χ4n) is 4.33. The van der Waals surface area contributed by atoms with Crippen molar-refractivity contribution >= 4 is 28.4 Å². The lowest BCUT2D eigenvalue weighted by Crippen LogP contribution is -2.20. The number of nitrogens with zero attached hydrogens (tertiary/aromatic N) is 2. The van der Waals surface area contributed by atoms with Crippen molar-refractivity contribution in [3.8, 4) is 11.1 Å². The highest BCUT2D eigenvalue weighted by atomic mass is 16.1. The topological polar surface area (TPSA) is 60.4 Å². The number of pyridine rings is 1. The highest BCUT2D eigenvalue weighted by molar-refractivity contribution is 5.91. The van der Waals surface area contributed by atoms with Crippen molar-refractivity contribution < 1.29 is 0 Å². The molecule has 4 nitrogen and oxygen atoms in total. The van der Waals surface area contributed by atoms with Gasteiger partial charge < -0.3 is 10.3 Å². The Morgan fingerprint density at radius 3 is 2.77 bits per heavy atom. The molecule has 31 heavy (non-hydrogen) atoms. The molecule has 3 aromatic rings. The van der Waals surface area contributed by atoms with Gasteiger partial charge in [0.2, 0.25) is 0 Å². The number of aliphatic imine (C=N–C) groups is 1. The van der Waals surface area contributed by atoms with Crippen LogP contribution < -0.4 is 11.3 Å². The van der Waals surface area contributed by atoms with E-state index in [4.69, 9.17) is 5.73 Å². The van der Waals surface area contributed by atoms with Gasteiger partial charge in [-0.2, -0.15) is 0 Å². The Kier molecular flexibility index (Phi) is 4.91. The zero-order valence-electron chi connectivity index (χ0n) is 17.6. The Morgan fingerprint density at radius 1 is 1.10 bits per heavy atom. The summed E-state index contributed by atoms with van der Waals surface area (Å²) in [4.78, 5) is 17.6. The molecule has 4 heteroatoms. The van der Waals surface area contributed by atoms with Crippen LogP contribution in [0.25, 0.3) is 28.0 Å².